The third-order valence-corrected chi connectivity index (χ3v) is 8.07. The van der Waals surface area contributed by atoms with E-state index in [1.54, 1.807) is 73.4 Å². The zero-order valence-corrected chi connectivity index (χ0v) is 25.4. The summed E-state index contributed by atoms with van der Waals surface area (Å²) >= 11 is 6.13. The second-order valence-electron chi connectivity index (χ2n) is 10.9. The Kier molecular flexibility index (Phi) is 7.94. The fourth-order valence-electron chi connectivity index (χ4n) is 5.44. The molecule has 44 heavy (non-hydrogen) atoms. The highest BCUT2D eigenvalue weighted by atomic mass is 35.5. The van der Waals surface area contributed by atoms with Gasteiger partial charge in [-0.1, -0.05) is 41.9 Å². The molecule has 224 valence electrons. The summed E-state index contributed by atoms with van der Waals surface area (Å²) in [6, 6.07) is 21.8. The van der Waals surface area contributed by atoms with E-state index in [0.717, 1.165) is 36.4 Å². The van der Waals surface area contributed by atoms with Crippen LogP contribution in [0.25, 0.3) is 28.2 Å². The first-order valence-corrected chi connectivity index (χ1v) is 14.6. The van der Waals surface area contributed by atoms with Crippen molar-refractivity contribution in [2.75, 3.05) is 31.2 Å². The average molecular weight is 610 g/mol. The number of anilines is 2. The smallest absolute Gasteiger partial charge is 0.284 e. The predicted molar refractivity (Wildman–Crippen MR) is 173 cm³/mol. The molecule has 10 nitrogen and oxygen atoms in total. The molecule has 0 bridgehead atoms. The molecule has 1 amide bonds. The second-order valence-corrected chi connectivity index (χ2v) is 11.4. The molecule has 3 aromatic carbocycles. The van der Waals surface area contributed by atoms with Crippen LogP contribution in [0.2, 0.25) is 5.02 Å². The van der Waals surface area contributed by atoms with Crippen LogP contribution in [0.5, 0.6) is 5.75 Å². The minimum absolute atomic E-state index is 0.0468. The van der Waals surface area contributed by atoms with Gasteiger partial charge in [-0.2, -0.15) is 0 Å². The van der Waals surface area contributed by atoms with Crippen molar-refractivity contribution >= 4 is 29.0 Å². The molecule has 0 saturated carbocycles. The Labute approximate surface area is 259 Å². The van der Waals surface area contributed by atoms with Gasteiger partial charge in [-0.3, -0.25) is 14.3 Å². The largest absolute Gasteiger partial charge is 0.489 e. The van der Waals surface area contributed by atoms with Gasteiger partial charge in [0.25, 0.3) is 11.5 Å². The van der Waals surface area contributed by atoms with Crippen LogP contribution in [0, 0.1) is 6.92 Å². The highest BCUT2D eigenvalue weighted by Gasteiger charge is 2.23. The number of nitrogens with one attached hydrogen (secondary N) is 1. The zero-order valence-electron chi connectivity index (χ0n) is 24.6. The Morgan fingerprint density at radius 2 is 1.82 bits per heavy atom. The number of ether oxygens (including phenoxy) is 1. The Hall–Kier alpha value is -4.93. The second kappa shape index (κ2) is 12.0. The molecule has 3 heterocycles. The fourth-order valence-corrected chi connectivity index (χ4v) is 5.62. The lowest BCUT2D eigenvalue weighted by Crippen LogP contribution is -2.25. The Morgan fingerprint density at radius 1 is 1.05 bits per heavy atom. The highest BCUT2D eigenvalue weighted by molar-refractivity contribution is 6.30. The molecule has 0 aliphatic carbocycles. The number of hydrogen-bond acceptors (Lipinski definition) is 7. The molecular formula is C33H32ClN7O3. The summed E-state index contributed by atoms with van der Waals surface area (Å²) in [5, 5.41) is 3.33. The summed E-state index contributed by atoms with van der Waals surface area (Å²) in [6.45, 7) is 3.65. The maximum atomic E-state index is 13.3. The summed E-state index contributed by atoms with van der Waals surface area (Å²) in [7, 11) is 3.82. The minimum Gasteiger partial charge on any atom is -0.489 e. The molecule has 5 aromatic rings. The van der Waals surface area contributed by atoms with Gasteiger partial charge in [0.2, 0.25) is 0 Å². The maximum absolute atomic E-state index is 13.3. The maximum Gasteiger partial charge on any atom is 0.284 e. The number of nitrogens with zero attached hydrogens (tertiary/aromatic N) is 5. The third kappa shape index (κ3) is 5.82. The van der Waals surface area contributed by atoms with E-state index in [1.807, 2.05) is 24.3 Å². The van der Waals surface area contributed by atoms with Crippen molar-refractivity contribution in [3.05, 3.63) is 106 Å². The molecule has 2 aromatic heterocycles. The standard InChI is InChI=1S/C33H32ClN7O3/c1-20-29(33(43)41(40(20)3)25-8-5-7-23(34)17-25)32(42)37-24-12-10-21(11-13-24)30-31(35)36-18-28(38-30)22-6-4-9-26(16-22)44-27-14-15-39(2)19-27/h4-13,16-18,27H,14-15,19H2,1-3H3,(H2,35,36)(H,37,42). The van der Waals surface area contributed by atoms with Gasteiger partial charge in [-0.25, -0.2) is 14.6 Å². The van der Waals surface area contributed by atoms with E-state index in [-0.39, 0.29) is 17.5 Å². The molecule has 1 saturated heterocycles. The van der Waals surface area contributed by atoms with Crippen LogP contribution in [0.1, 0.15) is 22.5 Å². The number of carbonyl (C=O) groups excluding carboxylic acids is 1. The molecule has 1 aliphatic rings. The van der Waals surface area contributed by atoms with Crippen LogP contribution >= 0.6 is 11.6 Å². The molecule has 0 spiro atoms. The fraction of sp³-hybridized carbons (Fsp3) is 0.212. The predicted octanol–water partition coefficient (Wildman–Crippen LogP) is 5.18. The van der Waals surface area contributed by atoms with Gasteiger partial charge in [0.05, 0.1) is 23.3 Å². The Bertz CT molecular complexity index is 1920. The first kappa shape index (κ1) is 29.2. The normalized spacial score (nSPS) is 15.0. The Morgan fingerprint density at radius 3 is 2.55 bits per heavy atom. The molecular weight excluding hydrogens is 578 g/mol. The summed E-state index contributed by atoms with van der Waals surface area (Å²) in [4.78, 5) is 38.0. The van der Waals surface area contributed by atoms with Gasteiger partial charge in [-0.05, 0) is 62.9 Å². The number of benzene rings is 3. The van der Waals surface area contributed by atoms with Crippen molar-refractivity contribution in [3.63, 3.8) is 0 Å². The number of carbonyl (C=O) groups is 1. The number of amides is 1. The molecule has 11 heteroatoms. The molecule has 6 rings (SSSR count). The molecule has 1 aliphatic heterocycles. The van der Waals surface area contributed by atoms with Gasteiger partial charge in [0.1, 0.15) is 28.9 Å². The van der Waals surface area contributed by atoms with E-state index in [0.29, 0.717) is 33.5 Å². The van der Waals surface area contributed by atoms with Crippen molar-refractivity contribution in [2.45, 2.75) is 19.4 Å². The van der Waals surface area contributed by atoms with Gasteiger partial charge < -0.3 is 20.7 Å². The first-order valence-electron chi connectivity index (χ1n) is 14.2. The van der Waals surface area contributed by atoms with Crippen LogP contribution in [-0.2, 0) is 7.05 Å². The molecule has 1 unspecified atom stereocenters. The zero-order chi connectivity index (χ0) is 31.0. The highest BCUT2D eigenvalue weighted by Crippen LogP contribution is 2.29. The minimum atomic E-state index is -0.510. The van der Waals surface area contributed by atoms with Crippen LogP contribution in [0.4, 0.5) is 11.5 Å². The number of nitrogen functional groups attached to an aromatic ring is 1. The van der Waals surface area contributed by atoms with E-state index in [9.17, 15) is 9.59 Å². The van der Waals surface area contributed by atoms with Crippen molar-refractivity contribution in [1.29, 1.82) is 0 Å². The summed E-state index contributed by atoms with van der Waals surface area (Å²) < 4.78 is 9.25. The van der Waals surface area contributed by atoms with Crippen molar-refractivity contribution in [2.24, 2.45) is 7.05 Å². The summed E-state index contributed by atoms with van der Waals surface area (Å²) in [5.74, 6) is 0.564. The van der Waals surface area contributed by atoms with Gasteiger partial charge >= 0.3 is 0 Å². The summed E-state index contributed by atoms with van der Waals surface area (Å²) in [5.41, 5.74) is 10.2. The number of nitrogens with two attached hydrogens (primary N) is 1. The topological polar surface area (TPSA) is 120 Å². The van der Waals surface area contributed by atoms with E-state index < -0.39 is 11.5 Å². The van der Waals surface area contributed by atoms with Crippen molar-refractivity contribution in [1.82, 2.24) is 24.2 Å². The van der Waals surface area contributed by atoms with Gasteiger partial charge in [0, 0.05) is 42.0 Å². The van der Waals surface area contributed by atoms with Crippen LogP contribution in [-0.4, -0.2) is 56.4 Å². The first-order chi connectivity index (χ1) is 21.2. The Balaban J connectivity index is 1.21. The van der Waals surface area contributed by atoms with E-state index in [2.05, 4.69) is 22.2 Å². The molecule has 1 atom stereocenters. The summed E-state index contributed by atoms with van der Waals surface area (Å²) in [6.07, 6.45) is 2.81. The van der Waals surface area contributed by atoms with Crippen molar-refractivity contribution < 1.29 is 9.53 Å². The number of aromatic nitrogens is 4. The SMILES string of the molecule is Cc1c(C(=O)Nc2ccc(-c3nc(-c4cccc(OC5CCN(C)C5)c4)cnc3N)cc2)c(=O)n(-c2cccc(Cl)c2)n1C. The van der Waals surface area contributed by atoms with Crippen molar-refractivity contribution in [3.8, 4) is 34.0 Å². The van der Waals surface area contributed by atoms with Crippen LogP contribution < -0.4 is 21.3 Å². The van der Waals surface area contributed by atoms with Crippen LogP contribution in [0.3, 0.4) is 0 Å². The molecule has 3 N–H and O–H groups in total. The molecule has 1 fully saturated rings. The van der Waals surface area contributed by atoms with Crippen LogP contribution in [0.15, 0.2) is 83.8 Å². The number of hydrogen-bond donors (Lipinski definition) is 2. The number of likely N-dealkylation sites (tertiary alicyclic amines) is 1. The average Bonchev–Trinajstić information content (AvgIpc) is 3.51. The number of rotatable bonds is 7. The quantitative estimate of drug-likeness (QED) is 0.261. The lowest BCUT2D eigenvalue weighted by molar-refractivity contribution is 0.102. The lowest BCUT2D eigenvalue weighted by Gasteiger charge is -2.14. The molecule has 0 radical (unpaired) electrons. The monoisotopic (exact) mass is 609 g/mol. The van der Waals surface area contributed by atoms with E-state index >= 15 is 0 Å². The van der Waals surface area contributed by atoms with E-state index in [4.69, 9.17) is 27.1 Å². The number of halogens is 1. The lowest BCUT2D eigenvalue weighted by atomic mass is 10.1. The number of likely N-dealkylation sites (N-methyl/N-ethyl adjacent to an activating group) is 1. The van der Waals surface area contributed by atoms with Gasteiger partial charge in [-0.15, -0.1) is 0 Å². The third-order valence-electron chi connectivity index (χ3n) is 7.83. The van der Waals surface area contributed by atoms with Gasteiger partial charge in [0.15, 0.2) is 0 Å². The van der Waals surface area contributed by atoms with E-state index in [1.165, 1.54) is 4.68 Å².